The molecule has 72 valence electrons. The van der Waals surface area contributed by atoms with Crippen molar-refractivity contribution in [3.8, 4) is 0 Å². The Kier molecular flexibility index (Phi) is 3.45. The molecule has 1 N–H and O–H groups in total. The van der Waals surface area contributed by atoms with Crippen LogP contribution >= 0.6 is 0 Å². The first-order valence-corrected chi connectivity index (χ1v) is 5.56. The summed E-state index contributed by atoms with van der Waals surface area (Å²) in [6.45, 7) is 2.18. The van der Waals surface area contributed by atoms with Gasteiger partial charge in [-0.25, -0.2) is 0 Å². The molecule has 12 heavy (non-hydrogen) atoms. The smallest absolute Gasteiger partial charge is 0.264 e. The lowest BCUT2D eigenvalue weighted by atomic mass is 10.3. The molecule has 0 aromatic heterocycles. The van der Waals surface area contributed by atoms with Crippen molar-refractivity contribution in [1.29, 1.82) is 0 Å². The van der Waals surface area contributed by atoms with Crippen LogP contribution in [-0.4, -0.2) is 47.1 Å². The van der Waals surface area contributed by atoms with Crippen LogP contribution < -0.4 is 5.32 Å². The molecule has 0 unspecified atom stereocenters. The Balaban J connectivity index is 2.22. The highest BCUT2D eigenvalue weighted by Gasteiger charge is 2.15. The van der Waals surface area contributed by atoms with Crippen LogP contribution in [0.2, 0.25) is 0 Å². The highest BCUT2D eigenvalue weighted by Crippen LogP contribution is 1.98. The van der Waals surface area contributed by atoms with Gasteiger partial charge < -0.3 is 10.1 Å². The number of hydrogen-bond donors (Lipinski definition) is 1. The molecule has 1 atom stereocenters. The van der Waals surface area contributed by atoms with E-state index in [-0.39, 0.29) is 12.7 Å². The zero-order valence-electron chi connectivity index (χ0n) is 6.95. The molecule has 0 aromatic carbocycles. The van der Waals surface area contributed by atoms with Crippen LogP contribution in [-0.2, 0) is 19.0 Å². The molecule has 1 fully saturated rings. The van der Waals surface area contributed by atoms with Gasteiger partial charge in [-0.2, -0.15) is 8.42 Å². The monoisotopic (exact) mass is 195 g/mol. The van der Waals surface area contributed by atoms with Crippen LogP contribution in [0.3, 0.4) is 0 Å². The minimum absolute atomic E-state index is 0.103. The van der Waals surface area contributed by atoms with E-state index in [2.05, 4.69) is 9.50 Å². The van der Waals surface area contributed by atoms with Gasteiger partial charge in [-0.3, -0.25) is 4.18 Å². The lowest BCUT2D eigenvalue weighted by Gasteiger charge is -2.22. The molecule has 1 aliphatic rings. The van der Waals surface area contributed by atoms with Crippen molar-refractivity contribution < 1.29 is 17.3 Å². The van der Waals surface area contributed by atoms with Crippen LogP contribution in [0.25, 0.3) is 0 Å². The van der Waals surface area contributed by atoms with E-state index >= 15 is 0 Å². The van der Waals surface area contributed by atoms with Gasteiger partial charge in [-0.1, -0.05) is 0 Å². The molecule has 0 spiro atoms. The summed E-state index contributed by atoms with van der Waals surface area (Å²) in [5.41, 5.74) is 0. The van der Waals surface area contributed by atoms with Gasteiger partial charge in [0.15, 0.2) is 0 Å². The minimum atomic E-state index is -3.33. The lowest BCUT2D eigenvalue weighted by Crippen LogP contribution is -2.41. The Morgan fingerprint density at radius 2 is 2.42 bits per heavy atom. The summed E-state index contributed by atoms with van der Waals surface area (Å²) in [5, 5.41) is 3.07. The maximum absolute atomic E-state index is 10.6. The molecular formula is C6H13NO4S. The molecular weight excluding hydrogens is 182 g/mol. The van der Waals surface area contributed by atoms with Crippen molar-refractivity contribution in [2.24, 2.45) is 0 Å². The van der Waals surface area contributed by atoms with E-state index in [9.17, 15) is 8.42 Å². The van der Waals surface area contributed by atoms with E-state index in [1.54, 1.807) is 0 Å². The van der Waals surface area contributed by atoms with Gasteiger partial charge in [0.05, 0.1) is 25.6 Å². The number of hydrogen-bond acceptors (Lipinski definition) is 5. The molecule has 0 bridgehead atoms. The fourth-order valence-corrected chi connectivity index (χ4v) is 1.33. The van der Waals surface area contributed by atoms with Gasteiger partial charge in [0.1, 0.15) is 0 Å². The summed E-state index contributed by atoms with van der Waals surface area (Å²) in [5.74, 6) is 0. The van der Waals surface area contributed by atoms with E-state index in [0.29, 0.717) is 13.2 Å². The molecule has 1 heterocycles. The van der Waals surface area contributed by atoms with Gasteiger partial charge in [-0.15, -0.1) is 0 Å². The molecule has 1 aliphatic heterocycles. The molecule has 6 heteroatoms. The first-order chi connectivity index (χ1) is 5.58. The topological polar surface area (TPSA) is 64.6 Å². The van der Waals surface area contributed by atoms with Gasteiger partial charge in [0.25, 0.3) is 10.1 Å². The van der Waals surface area contributed by atoms with Gasteiger partial charge in [0.2, 0.25) is 0 Å². The minimum Gasteiger partial charge on any atom is -0.373 e. The summed E-state index contributed by atoms with van der Waals surface area (Å²) in [7, 11) is -3.33. The zero-order valence-corrected chi connectivity index (χ0v) is 7.76. The van der Waals surface area contributed by atoms with E-state index in [1.165, 1.54) is 0 Å². The van der Waals surface area contributed by atoms with Crippen molar-refractivity contribution in [3.05, 3.63) is 0 Å². The van der Waals surface area contributed by atoms with Crippen molar-refractivity contribution in [2.45, 2.75) is 6.10 Å². The lowest BCUT2D eigenvalue weighted by molar-refractivity contribution is 0.00178. The van der Waals surface area contributed by atoms with E-state index < -0.39 is 10.1 Å². The fraction of sp³-hybridized carbons (Fsp3) is 1.00. The Morgan fingerprint density at radius 1 is 1.67 bits per heavy atom. The van der Waals surface area contributed by atoms with Crippen molar-refractivity contribution in [1.82, 2.24) is 5.32 Å². The average Bonchev–Trinajstić information content (AvgIpc) is 2.02. The Labute approximate surface area is 72.2 Å². The highest BCUT2D eigenvalue weighted by molar-refractivity contribution is 7.85. The molecule has 0 radical (unpaired) electrons. The maximum Gasteiger partial charge on any atom is 0.264 e. The third-order valence-electron chi connectivity index (χ3n) is 1.47. The fourth-order valence-electron chi connectivity index (χ4n) is 0.926. The van der Waals surface area contributed by atoms with Crippen LogP contribution in [0.1, 0.15) is 0 Å². The Bertz CT molecular complexity index is 220. The maximum atomic E-state index is 10.6. The van der Waals surface area contributed by atoms with E-state index in [1.807, 2.05) is 0 Å². The van der Waals surface area contributed by atoms with Crippen LogP contribution in [0.5, 0.6) is 0 Å². The number of ether oxygens (including phenoxy) is 1. The Morgan fingerprint density at radius 3 is 2.92 bits per heavy atom. The Hall–Kier alpha value is -0.170. The van der Waals surface area contributed by atoms with Crippen molar-refractivity contribution in [3.63, 3.8) is 0 Å². The first kappa shape index (κ1) is 9.91. The summed E-state index contributed by atoms with van der Waals surface area (Å²) in [4.78, 5) is 0. The highest BCUT2D eigenvalue weighted by atomic mass is 32.2. The van der Waals surface area contributed by atoms with E-state index in [0.717, 1.165) is 12.8 Å². The predicted octanol–water partition coefficient (Wildman–Crippen LogP) is -1.05. The van der Waals surface area contributed by atoms with Gasteiger partial charge in [-0.05, 0) is 0 Å². The molecule has 1 saturated heterocycles. The molecule has 0 saturated carbocycles. The first-order valence-electron chi connectivity index (χ1n) is 3.74. The summed E-state index contributed by atoms with van der Waals surface area (Å²) in [6.07, 6.45) is 0.886. The third kappa shape index (κ3) is 4.01. The normalized spacial score (nSPS) is 25.6. The van der Waals surface area contributed by atoms with Crippen molar-refractivity contribution in [2.75, 3.05) is 32.6 Å². The van der Waals surface area contributed by atoms with E-state index in [4.69, 9.17) is 4.74 Å². The van der Waals surface area contributed by atoms with Crippen LogP contribution in [0.15, 0.2) is 0 Å². The number of morpholine rings is 1. The molecule has 5 nitrogen and oxygen atoms in total. The zero-order chi connectivity index (χ0) is 9.03. The predicted molar refractivity (Wildman–Crippen MR) is 43.4 cm³/mol. The number of rotatable bonds is 3. The molecule has 0 amide bonds. The second kappa shape index (κ2) is 4.18. The number of nitrogens with one attached hydrogen (secondary N) is 1. The quantitative estimate of drug-likeness (QED) is 0.582. The SMILES string of the molecule is CS(=O)(=O)OC[C@H]1CNCCO1. The van der Waals surface area contributed by atoms with Gasteiger partial charge in [0, 0.05) is 13.1 Å². The summed E-state index contributed by atoms with van der Waals surface area (Å²) in [6, 6.07) is 0. The standard InChI is InChI=1S/C6H13NO4S/c1-12(8,9)11-5-6-4-7-2-3-10-6/h6-7H,2-5H2,1H3/t6-/m1/s1. The van der Waals surface area contributed by atoms with Gasteiger partial charge >= 0.3 is 0 Å². The second-order valence-electron chi connectivity index (χ2n) is 2.69. The second-order valence-corrected chi connectivity index (χ2v) is 4.33. The largest absolute Gasteiger partial charge is 0.373 e. The average molecular weight is 195 g/mol. The molecule has 0 aromatic rings. The van der Waals surface area contributed by atoms with Crippen molar-refractivity contribution >= 4 is 10.1 Å². The summed E-state index contributed by atoms with van der Waals surface area (Å²) >= 11 is 0. The molecule has 1 rings (SSSR count). The van der Waals surface area contributed by atoms with Crippen LogP contribution in [0, 0.1) is 0 Å². The molecule has 0 aliphatic carbocycles. The third-order valence-corrected chi connectivity index (χ3v) is 2.04. The summed E-state index contributed by atoms with van der Waals surface area (Å²) < 4.78 is 30.9. The van der Waals surface area contributed by atoms with Crippen LogP contribution in [0.4, 0.5) is 0 Å².